The standard InChI is InChI=1S/C20H21N3O2/c1-16(12-15-23-14-7-13-21-23)22-20(24)18-10-5-6-11-19(18)25-17-8-3-2-4-9-17/h2-11,13-14,16H,12,15H2,1H3,(H,22,24). The SMILES string of the molecule is CC(CCn1cccn1)NC(=O)c1ccccc1Oc1ccccc1. The molecule has 1 atom stereocenters. The molecule has 1 N–H and O–H groups in total. The number of carbonyl (C=O) groups is 1. The van der Waals surface area contributed by atoms with E-state index in [1.54, 1.807) is 18.3 Å². The van der Waals surface area contributed by atoms with E-state index in [9.17, 15) is 4.79 Å². The largest absolute Gasteiger partial charge is 0.457 e. The number of nitrogens with zero attached hydrogens (tertiary/aromatic N) is 2. The van der Waals surface area contributed by atoms with Crippen LogP contribution in [-0.2, 0) is 6.54 Å². The van der Waals surface area contributed by atoms with Gasteiger partial charge in [0.05, 0.1) is 5.56 Å². The highest BCUT2D eigenvalue weighted by Gasteiger charge is 2.15. The van der Waals surface area contributed by atoms with Crippen molar-refractivity contribution in [2.24, 2.45) is 0 Å². The molecule has 0 saturated carbocycles. The lowest BCUT2D eigenvalue weighted by atomic mass is 10.1. The molecule has 25 heavy (non-hydrogen) atoms. The summed E-state index contributed by atoms with van der Waals surface area (Å²) in [6.45, 7) is 2.75. The van der Waals surface area contributed by atoms with Crippen molar-refractivity contribution in [3.8, 4) is 11.5 Å². The molecule has 5 heteroatoms. The average molecular weight is 335 g/mol. The summed E-state index contributed by atoms with van der Waals surface area (Å²) in [5, 5.41) is 7.20. The number of nitrogens with one attached hydrogen (secondary N) is 1. The summed E-state index contributed by atoms with van der Waals surface area (Å²) in [6.07, 6.45) is 4.47. The molecular weight excluding hydrogens is 314 g/mol. The highest BCUT2D eigenvalue weighted by molar-refractivity contribution is 5.97. The molecule has 3 rings (SSSR count). The van der Waals surface area contributed by atoms with E-state index in [0.717, 1.165) is 13.0 Å². The number of carbonyl (C=O) groups excluding carboxylic acids is 1. The van der Waals surface area contributed by atoms with Crippen molar-refractivity contribution >= 4 is 5.91 Å². The molecule has 0 aliphatic carbocycles. The molecule has 2 aromatic carbocycles. The number of hydrogen-bond donors (Lipinski definition) is 1. The van der Waals surface area contributed by atoms with E-state index in [-0.39, 0.29) is 11.9 Å². The highest BCUT2D eigenvalue weighted by Crippen LogP contribution is 2.25. The molecule has 0 spiro atoms. The van der Waals surface area contributed by atoms with E-state index in [1.165, 1.54) is 0 Å². The van der Waals surface area contributed by atoms with Crippen molar-refractivity contribution in [1.82, 2.24) is 15.1 Å². The summed E-state index contributed by atoms with van der Waals surface area (Å²) >= 11 is 0. The Hall–Kier alpha value is -3.08. The van der Waals surface area contributed by atoms with Crippen LogP contribution in [0.15, 0.2) is 73.1 Å². The molecule has 1 amide bonds. The maximum atomic E-state index is 12.6. The number of hydrogen-bond acceptors (Lipinski definition) is 3. The van der Waals surface area contributed by atoms with Gasteiger partial charge < -0.3 is 10.1 Å². The summed E-state index contributed by atoms with van der Waals surface area (Å²) in [7, 11) is 0. The molecule has 5 nitrogen and oxygen atoms in total. The Morgan fingerprint density at radius 2 is 1.88 bits per heavy atom. The quantitative estimate of drug-likeness (QED) is 0.713. The van der Waals surface area contributed by atoms with Crippen LogP contribution >= 0.6 is 0 Å². The number of para-hydroxylation sites is 2. The number of aromatic nitrogens is 2. The van der Waals surface area contributed by atoms with Crippen LogP contribution in [-0.4, -0.2) is 21.7 Å². The van der Waals surface area contributed by atoms with Crippen LogP contribution in [0.1, 0.15) is 23.7 Å². The van der Waals surface area contributed by atoms with Gasteiger partial charge in [-0.2, -0.15) is 5.10 Å². The third-order valence-electron chi connectivity index (χ3n) is 3.83. The van der Waals surface area contributed by atoms with Crippen molar-refractivity contribution in [3.05, 3.63) is 78.6 Å². The minimum Gasteiger partial charge on any atom is -0.457 e. The van der Waals surface area contributed by atoms with Crippen LogP contribution in [0, 0.1) is 0 Å². The van der Waals surface area contributed by atoms with Gasteiger partial charge >= 0.3 is 0 Å². The normalized spacial score (nSPS) is 11.7. The van der Waals surface area contributed by atoms with Gasteiger partial charge in [0.25, 0.3) is 5.91 Å². The molecular formula is C20H21N3O2. The summed E-state index contributed by atoms with van der Waals surface area (Å²) in [5.74, 6) is 1.11. The molecule has 0 radical (unpaired) electrons. The fourth-order valence-corrected chi connectivity index (χ4v) is 2.49. The van der Waals surface area contributed by atoms with Gasteiger partial charge in [-0.25, -0.2) is 0 Å². The van der Waals surface area contributed by atoms with Crippen molar-refractivity contribution in [2.75, 3.05) is 0 Å². The summed E-state index contributed by atoms with van der Waals surface area (Å²) in [5.41, 5.74) is 0.525. The summed E-state index contributed by atoms with van der Waals surface area (Å²) in [4.78, 5) is 12.6. The van der Waals surface area contributed by atoms with Crippen LogP contribution in [0.3, 0.4) is 0 Å². The van der Waals surface area contributed by atoms with Crippen LogP contribution in [0.5, 0.6) is 11.5 Å². The van der Waals surface area contributed by atoms with Crippen molar-refractivity contribution in [1.29, 1.82) is 0 Å². The Labute approximate surface area is 147 Å². The number of rotatable bonds is 7. The number of benzene rings is 2. The molecule has 0 aliphatic rings. The Kier molecular flexibility index (Phi) is 5.46. The second-order valence-corrected chi connectivity index (χ2v) is 5.84. The van der Waals surface area contributed by atoms with E-state index in [4.69, 9.17) is 4.74 Å². The first-order valence-electron chi connectivity index (χ1n) is 8.32. The Morgan fingerprint density at radius 1 is 1.12 bits per heavy atom. The maximum absolute atomic E-state index is 12.6. The monoisotopic (exact) mass is 335 g/mol. The average Bonchev–Trinajstić information content (AvgIpc) is 3.15. The lowest BCUT2D eigenvalue weighted by molar-refractivity contribution is 0.0935. The molecule has 3 aromatic rings. The van der Waals surface area contributed by atoms with Gasteiger partial charge in [-0.05, 0) is 43.7 Å². The number of amides is 1. The Bertz CT molecular complexity index is 801. The van der Waals surface area contributed by atoms with Crippen molar-refractivity contribution < 1.29 is 9.53 Å². The highest BCUT2D eigenvalue weighted by atomic mass is 16.5. The van der Waals surface area contributed by atoms with Crippen LogP contribution in [0.4, 0.5) is 0 Å². The first-order chi connectivity index (χ1) is 12.2. The predicted molar refractivity (Wildman–Crippen MR) is 96.7 cm³/mol. The minimum atomic E-state index is -0.139. The summed E-state index contributed by atoms with van der Waals surface area (Å²) < 4.78 is 7.71. The first kappa shape index (κ1) is 16.8. The third-order valence-corrected chi connectivity index (χ3v) is 3.83. The van der Waals surface area contributed by atoms with Gasteiger partial charge in [0, 0.05) is 25.0 Å². The molecule has 0 aliphatic heterocycles. The van der Waals surface area contributed by atoms with Gasteiger partial charge in [-0.1, -0.05) is 30.3 Å². The molecule has 0 fully saturated rings. The van der Waals surface area contributed by atoms with Gasteiger partial charge in [0.2, 0.25) is 0 Å². The van der Waals surface area contributed by atoms with Crippen molar-refractivity contribution in [2.45, 2.75) is 25.9 Å². The van der Waals surface area contributed by atoms with Crippen LogP contribution in [0.2, 0.25) is 0 Å². The second-order valence-electron chi connectivity index (χ2n) is 5.84. The fourth-order valence-electron chi connectivity index (χ4n) is 2.49. The van der Waals surface area contributed by atoms with Gasteiger partial charge in [0.15, 0.2) is 0 Å². The van der Waals surface area contributed by atoms with Crippen LogP contribution in [0.25, 0.3) is 0 Å². The topological polar surface area (TPSA) is 56.2 Å². The van der Waals surface area contributed by atoms with E-state index >= 15 is 0 Å². The van der Waals surface area contributed by atoms with E-state index < -0.39 is 0 Å². The van der Waals surface area contributed by atoms with Crippen LogP contribution < -0.4 is 10.1 Å². The van der Waals surface area contributed by atoms with E-state index in [0.29, 0.717) is 17.1 Å². The molecule has 1 heterocycles. The lowest BCUT2D eigenvalue weighted by Crippen LogP contribution is -2.33. The Balaban J connectivity index is 1.63. The smallest absolute Gasteiger partial charge is 0.255 e. The van der Waals surface area contributed by atoms with Gasteiger partial charge in [-0.15, -0.1) is 0 Å². The molecule has 0 saturated heterocycles. The maximum Gasteiger partial charge on any atom is 0.255 e. The molecule has 0 bridgehead atoms. The molecule has 1 unspecified atom stereocenters. The molecule has 1 aromatic heterocycles. The van der Waals surface area contributed by atoms with Gasteiger partial charge in [-0.3, -0.25) is 9.48 Å². The third kappa shape index (κ3) is 4.70. The predicted octanol–water partition coefficient (Wildman–Crippen LogP) is 3.88. The second kappa shape index (κ2) is 8.15. The zero-order valence-corrected chi connectivity index (χ0v) is 14.1. The summed E-state index contributed by atoms with van der Waals surface area (Å²) in [6, 6.07) is 18.6. The number of aryl methyl sites for hydroxylation is 1. The Morgan fingerprint density at radius 3 is 2.64 bits per heavy atom. The first-order valence-corrected chi connectivity index (χ1v) is 8.32. The molecule has 128 valence electrons. The lowest BCUT2D eigenvalue weighted by Gasteiger charge is -2.16. The van der Waals surface area contributed by atoms with E-state index in [1.807, 2.05) is 66.3 Å². The fraction of sp³-hybridized carbons (Fsp3) is 0.200. The van der Waals surface area contributed by atoms with Crippen molar-refractivity contribution in [3.63, 3.8) is 0 Å². The number of ether oxygens (including phenoxy) is 1. The zero-order valence-electron chi connectivity index (χ0n) is 14.1. The van der Waals surface area contributed by atoms with Gasteiger partial charge in [0.1, 0.15) is 11.5 Å². The van der Waals surface area contributed by atoms with E-state index in [2.05, 4.69) is 10.4 Å². The minimum absolute atomic E-state index is 0.0291. The zero-order chi connectivity index (χ0) is 17.5.